The molecule has 1 amide bonds. The van der Waals surface area contributed by atoms with Crippen LogP contribution >= 0.6 is 0 Å². The SMILES string of the molecule is CCCCCCCCCC/C=C\CCCCCCCCCCCC(=O)NC(COC1OC(CO)C(OC2OC(CO)C(O)C(O)C2O)C(O)C1O)C(O)/C=C/CC/C=C/CC/C=C/CCCCCCCCCC. The average molecular weight is 1040 g/mol. The van der Waals surface area contributed by atoms with Gasteiger partial charge in [0.05, 0.1) is 32.0 Å². The zero-order valence-electron chi connectivity index (χ0n) is 45.6. The van der Waals surface area contributed by atoms with Gasteiger partial charge in [-0.05, 0) is 70.6 Å². The summed E-state index contributed by atoms with van der Waals surface area (Å²) in [5.41, 5.74) is 0. The number of amides is 1. The Bertz CT molecular complexity index is 1410. The van der Waals surface area contributed by atoms with Crippen LogP contribution in [0.3, 0.4) is 0 Å². The lowest BCUT2D eigenvalue weighted by molar-refractivity contribution is -0.359. The molecule has 2 aliphatic heterocycles. The Morgan fingerprint density at radius 2 is 0.877 bits per heavy atom. The average Bonchev–Trinajstić information content (AvgIpc) is 3.39. The molecule has 14 nitrogen and oxygen atoms in total. The number of ether oxygens (including phenoxy) is 4. The third-order valence-electron chi connectivity index (χ3n) is 14.2. The summed E-state index contributed by atoms with van der Waals surface area (Å²) in [6.45, 7) is 2.77. The first-order valence-corrected chi connectivity index (χ1v) is 29.4. The first kappa shape index (κ1) is 67.1. The highest BCUT2D eigenvalue weighted by Gasteiger charge is 2.51. The van der Waals surface area contributed by atoms with Crippen LogP contribution in [0.4, 0.5) is 0 Å². The second kappa shape index (κ2) is 45.0. The standard InChI is InChI=1S/C59H107NO13/c1-3-5-7-9-11-13-15-17-19-21-23-24-25-27-29-31-33-35-37-39-41-43-51(64)60-47(48(63)42-40-38-36-34-32-30-28-26-22-20-18-16-14-12-10-8-6-4-2)46-70-58-56(69)54(67)57(50(45-62)72-58)73-59-55(68)53(66)52(65)49(44-61)71-59/h21-23,26,32,34,40,42,47-50,52-59,61-63,65-69H,3-20,24-25,27-31,33,35-39,41,43-46H2,1-2H3,(H,60,64)/b23-21-,26-22+,34-32+,42-40+. The molecule has 14 heteroatoms. The molecule has 2 heterocycles. The van der Waals surface area contributed by atoms with Crippen molar-refractivity contribution in [2.45, 2.75) is 299 Å². The molecule has 12 atom stereocenters. The predicted octanol–water partition coefficient (Wildman–Crippen LogP) is 9.61. The minimum atomic E-state index is -1.79. The van der Waals surface area contributed by atoms with Crippen LogP contribution in [0.15, 0.2) is 48.6 Å². The first-order chi connectivity index (χ1) is 35.6. The highest BCUT2D eigenvalue weighted by Crippen LogP contribution is 2.30. The van der Waals surface area contributed by atoms with Crippen LogP contribution < -0.4 is 5.32 Å². The van der Waals surface area contributed by atoms with Crippen molar-refractivity contribution in [2.24, 2.45) is 0 Å². The van der Waals surface area contributed by atoms with Crippen molar-refractivity contribution >= 4 is 5.91 Å². The van der Waals surface area contributed by atoms with E-state index in [-0.39, 0.29) is 18.9 Å². The van der Waals surface area contributed by atoms with E-state index in [2.05, 4.69) is 55.6 Å². The summed E-state index contributed by atoms with van der Waals surface area (Å²) in [5.74, 6) is -0.255. The van der Waals surface area contributed by atoms with Gasteiger partial charge in [-0.25, -0.2) is 0 Å². The van der Waals surface area contributed by atoms with E-state index < -0.39 is 86.8 Å². The van der Waals surface area contributed by atoms with Gasteiger partial charge < -0.3 is 65.1 Å². The van der Waals surface area contributed by atoms with E-state index in [1.807, 2.05) is 6.08 Å². The monoisotopic (exact) mass is 1040 g/mol. The van der Waals surface area contributed by atoms with Gasteiger partial charge in [-0.1, -0.05) is 197 Å². The van der Waals surface area contributed by atoms with Crippen LogP contribution in [-0.2, 0) is 23.7 Å². The molecule has 0 spiro atoms. The zero-order chi connectivity index (χ0) is 53.2. The fraction of sp³-hybridized carbons (Fsp3) is 0.847. The Balaban J connectivity index is 1.80. The van der Waals surface area contributed by atoms with Gasteiger partial charge >= 0.3 is 0 Å². The number of carbonyl (C=O) groups is 1. The van der Waals surface area contributed by atoms with Crippen LogP contribution in [0.2, 0.25) is 0 Å². The van der Waals surface area contributed by atoms with E-state index in [4.69, 9.17) is 18.9 Å². The molecule has 0 aromatic heterocycles. The third-order valence-corrected chi connectivity index (χ3v) is 14.2. The van der Waals surface area contributed by atoms with Gasteiger partial charge in [0, 0.05) is 6.42 Å². The predicted molar refractivity (Wildman–Crippen MR) is 291 cm³/mol. The van der Waals surface area contributed by atoms with Crippen LogP contribution in [-0.4, -0.2) is 140 Å². The molecule has 2 rings (SSSR count). The van der Waals surface area contributed by atoms with Crippen molar-refractivity contribution in [3.8, 4) is 0 Å². The van der Waals surface area contributed by atoms with Crippen molar-refractivity contribution in [1.29, 1.82) is 0 Å². The molecular weight excluding hydrogens is 931 g/mol. The molecular formula is C59H107NO13. The zero-order valence-corrected chi connectivity index (χ0v) is 45.6. The van der Waals surface area contributed by atoms with E-state index >= 15 is 0 Å². The lowest BCUT2D eigenvalue weighted by Gasteiger charge is -2.46. The van der Waals surface area contributed by atoms with Crippen molar-refractivity contribution < 1.29 is 64.6 Å². The molecule has 0 aromatic rings. The van der Waals surface area contributed by atoms with Crippen molar-refractivity contribution in [3.05, 3.63) is 48.6 Å². The molecule has 2 saturated heterocycles. The Hall–Kier alpha value is -2.05. The number of nitrogens with one attached hydrogen (secondary N) is 1. The number of aliphatic hydroxyl groups is 8. The van der Waals surface area contributed by atoms with E-state index in [1.165, 1.54) is 148 Å². The molecule has 2 aliphatic rings. The maximum Gasteiger partial charge on any atom is 0.220 e. The van der Waals surface area contributed by atoms with Gasteiger partial charge in [0.2, 0.25) is 5.91 Å². The highest BCUT2D eigenvalue weighted by molar-refractivity contribution is 5.76. The number of unbranched alkanes of at least 4 members (excludes halogenated alkanes) is 27. The van der Waals surface area contributed by atoms with Crippen molar-refractivity contribution in [2.75, 3.05) is 19.8 Å². The summed E-state index contributed by atoms with van der Waals surface area (Å²) in [6, 6.07) is -0.939. The summed E-state index contributed by atoms with van der Waals surface area (Å²) < 4.78 is 22.7. The summed E-state index contributed by atoms with van der Waals surface area (Å²) in [5, 5.41) is 87.0. The third kappa shape index (κ3) is 31.1. The minimum absolute atomic E-state index is 0.255. The molecule has 0 aliphatic carbocycles. The van der Waals surface area contributed by atoms with Gasteiger partial charge in [0.1, 0.15) is 48.8 Å². The lowest BCUT2D eigenvalue weighted by atomic mass is 9.97. The fourth-order valence-corrected chi connectivity index (χ4v) is 9.44. The topological polar surface area (TPSA) is 228 Å². The van der Waals surface area contributed by atoms with E-state index in [0.717, 1.165) is 44.9 Å². The normalized spacial score (nSPS) is 25.7. The molecule has 0 radical (unpaired) electrons. The summed E-state index contributed by atoms with van der Waals surface area (Å²) in [6.07, 6.45) is 38.6. The molecule has 2 fully saturated rings. The number of rotatable bonds is 46. The van der Waals surface area contributed by atoms with Gasteiger partial charge in [-0.2, -0.15) is 0 Å². The first-order valence-electron chi connectivity index (χ1n) is 29.4. The maximum atomic E-state index is 13.2. The Labute approximate surface area is 442 Å². The van der Waals surface area contributed by atoms with Crippen LogP contribution in [0, 0.1) is 0 Å². The summed E-state index contributed by atoms with van der Waals surface area (Å²) >= 11 is 0. The van der Waals surface area contributed by atoms with Gasteiger partial charge in [0.25, 0.3) is 0 Å². The summed E-state index contributed by atoms with van der Waals surface area (Å²) in [7, 11) is 0. The highest BCUT2D eigenvalue weighted by atomic mass is 16.7. The van der Waals surface area contributed by atoms with Crippen LogP contribution in [0.5, 0.6) is 0 Å². The van der Waals surface area contributed by atoms with E-state index in [0.29, 0.717) is 12.8 Å². The quantitative estimate of drug-likeness (QED) is 0.0205. The lowest BCUT2D eigenvalue weighted by Crippen LogP contribution is -2.65. The summed E-state index contributed by atoms with van der Waals surface area (Å²) in [4.78, 5) is 13.2. The Kier molecular flexibility index (Phi) is 41.4. The smallest absolute Gasteiger partial charge is 0.220 e. The molecule has 0 bridgehead atoms. The van der Waals surface area contributed by atoms with Gasteiger partial charge in [0.15, 0.2) is 12.6 Å². The van der Waals surface area contributed by atoms with Gasteiger partial charge in [-0.15, -0.1) is 0 Å². The van der Waals surface area contributed by atoms with Gasteiger partial charge in [-0.3, -0.25) is 4.79 Å². The fourth-order valence-electron chi connectivity index (χ4n) is 9.44. The van der Waals surface area contributed by atoms with Crippen molar-refractivity contribution in [3.63, 3.8) is 0 Å². The Morgan fingerprint density at radius 3 is 1.34 bits per heavy atom. The minimum Gasteiger partial charge on any atom is -0.394 e. The number of allylic oxidation sites excluding steroid dienone is 7. The van der Waals surface area contributed by atoms with Crippen molar-refractivity contribution in [1.82, 2.24) is 5.32 Å². The number of hydrogen-bond donors (Lipinski definition) is 9. The molecule has 426 valence electrons. The molecule has 0 aromatic carbocycles. The number of carbonyl (C=O) groups excluding carboxylic acids is 1. The maximum absolute atomic E-state index is 13.2. The molecule has 73 heavy (non-hydrogen) atoms. The van der Waals surface area contributed by atoms with E-state index in [9.17, 15) is 45.6 Å². The molecule has 0 saturated carbocycles. The largest absolute Gasteiger partial charge is 0.394 e. The van der Waals surface area contributed by atoms with E-state index in [1.54, 1.807) is 6.08 Å². The number of hydrogen-bond acceptors (Lipinski definition) is 13. The second-order valence-electron chi connectivity index (χ2n) is 20.7. The van der Waals surface area contributed by atoms with Crippen LogP contribution in [0.25, 0.3) is 0 Å². The Morgan fingerprint density at radius 1 is 0.479 bits per heavy atom. The van der Waals surface area contributed by atoms with Crippen LogP contribution in [0.1, 0.15) is 226 Å². The number of aliphatic hydroxyl groups excluding tert-OH is 8. The molecule has 12 unspecified atom stereocenters. The second-order valence-corrected chi connectivity index (χ2v) is 20.7. The molecule has 9 N–H and O–H groups in total.